The van der Waals surface area contributed by atoms with Gasteiger partial charge in [-0.3, -0.25) is 0 Å². The van der Waals surface area contributed by atoms with Crippen molar-refractivity contribution in [3.63, 3.8) is 0 Å². The first-order chi connectivity index (χ1) is 16.0. The first-order valence-corrected chi connectivity index (χ1v) is 12.2. The molecule has 0 bridgehead atoms. The second-order valence-corrected chi connectivity index (χ2v) is 10.2. The summed E-state index contributed by atoms with van der Waals surface area (Å²) in [5.74, 6) is -1.44. The van der Waals surface area contributed by atoms with E-state index in [9.17, 15) is 27.5 Å². The van der Waals surface area contributed by atoms with Crippen LogP contribution < -0.4 is 10.5 Å². The number of carboxylic acids is 1. The van der Waals surface area contributed by atoms with E-state index in [1.165, 1.54) is 36.4 Å². The summed E-state index contributed by atoms with van der Waals surface area (Å²) in [5, 5.41) is 8.52. The summed E-state index contributed by atoms with van der Waals surface area (Å²) in [5.41, 5.74) is 4.66. The van der Waals surface area contributed by atoms with E-state index < -0.39 is 39.2 Å². The molecule has 184 valence electrons. The highest BCUT2D eigenvalue weighted by Gasteiger charge is 2.57. The summed E-state index contributed by atoms with van der Waals surface area (Å²) in [6.45, 7) is 2.91. The van der Waals surface area contributed by atoms with Crippen LogP contribution in [0.1, 0.15) is 24.5 Å². The lowest BCUT2D eigenvalue weighted by molar-refractivity contribution is -0.170. The van der Waals surface area contributed by atoms with Crippen LogP contribution in [-0.2, 0) is 26.0 Å². The second kappa shape index (κ2) is 9.98. The van der Waals surface area contributed by atoms with Crippen LogP contribution in [0, 0.1) is 12.7 Å². The van der Waals surface area contributed by atoms with Crippen molar-refractivity contribution in [3.8, 4) is 5.75 Å². The standard InChI is InChI=1S/C23H27FN2O7S/c1-3-33-23(21(27)28)14-26(22(25)29)11-10-20(23)34(30,31)19-8-6-18(7-9-19)32-13-16-4-5-17(24)12-15(16)2/h4-9,12,20H,3,10-11,13-14H2,1-2H3,(H2,25,29)(H,27,28). The van der Waals surface area contributed by atoms with Crippen molar-refractivity contribution in [1.29, 1.82) is 0 Å². The Kier molecular flexibility index (Phi) is 7.47. The third kappa shape index (κ3) is 5.00. The van der Waals surface area contributed by atoms with Gasteiger partial charge < -0.3 is 25.2 Å². The molecule has 1 aliphatic rings. The Morgan fingerprint density at radius 2 is 1.91 bits per heavy atom. The summed E-state index contributed by atoms with van der Waals surface area (Å²) in [4.78, 5) is 24.9. The predicted octanol–water partition coefficient (Wildman–Crippen LogP) is 2.50. The number of hydrogen-bond donors (Lipinski definition) is 2. The third-order valence-electron chi connectivity index (χ3n) is 5.91. The molecule has 0 aromatic heterocycles. The minimum Gasteiger partial charge on any atom is -0.489 e. The van der Waals surface area contributed by atoms with Crippen LogP contribution in [0.15, 0.2) is 47.4 Å². The van der Waals surface area contributed by atoms with Gasteiger partial charge in [0.25, 0.3) is 0 Å². The van der Waals surface area contributed by atoms with Gasteiger partial charge in [-0.2, -0.15) is 0 Å². The topological polar surface area (TPSA) is 136 Å². The molecule has 2 atom stereocenters. The fourth-order valence-electron chi connectivity index (χ4n) is 4.10. The van der Waals surface area contributed by atoms with E-state index in [0.29, 0.717) is 5.75 Å². The molecule has 1 saturated heterocycles. The molecule has 0 saturated carbocycles. The van der Waals surface area contributed by atoms with Gasteiger partial charge in [-0.25, -0.2) is 22.4 Å². The molecular formula is C23H27FN2O7S. The molecule has 0 aliphatic carbocycles. The molecule has 3 rings (SSSR count). The SMILES string of the molecule is CCOC1(C(=O)O)CN(C(N)=O)CCC1S(=O)(=O)c1ccc(OCc2ccc(F)cc2C)cc1. The van der Waals surface area contributed by atoms with Gasteiger partial charge in [0.1, 0.15) is 23.4 Å². The van der Waals surface area contributed by atoms with Gasteiger partial charge in [0.15, 0.2) is 15.4 Å². The minimum atomic E-state index is -4.16. The fourth-order valence-corrected chi connectivity index (χ4v) is 6.10. The molecule has 0 spiro atoms. The van der Waals surface area contributed by atoms with Crippen LogP contribution in [0.4, 0.5) is 9.18 Å². The number of likely N-dealkylation sites (tertiary alicyclic amines) is 1. The van der Waals surface area contributed by atoms with Crippen LogP contribution in [-0.4, -0.2) is 61.0 Å². The third-order valence-corrected chi connectivity index (χ3v) is 8.20. The number of carbonyl (C=O) groups excluding carboxylic acids is 1. The highest BCUT2D eigenvalue weighted by molar-refractivity contribution is 7.92. The van der Waals surface area contributed by atoms with Crippen molar-refractivity contribution in [2.45, 2.75) is 42.6 Å². The summed E-state index contributed by atoms with van der Waals surface area (Å²) in [6, 6.07) is 9.09. The lowest BCUT2D eigenvalue weighted by Gasteiger charge is -2.43. The largest absolute Gasteiger partial charge is 0.489 e. The quantitative estimate of drug-likeness (QED) is 0.575. The molecule has 2 amide bonds. The van der Waals surface area contributed by atoms with Crippen LogP contribution >= 0.6 is 0 Å². The van der Waals surface area contributed by atoms with Crippen molar-refractivity contribution in [2.24, 2.45) is 5.73 Å². The Hall–Kier alpha value is -3.18. The number of sulfone groups is 1. The lowest BCUT2D eigenvalue weighted by atomic mass is 9.92. The molecule has 2 unspecified atom stereocenters. The molecule has 1 fully saturated rings. The van der Waals surface area contributed by atoms with Crippen LogP contribution in [0.2, 0.25) is 0 Å². The zero-order valence-corrected chi connectivity index (χ0v) is 19.7. The van der Waals surface area contributed by atoms with E-state index in [1.807, 2.05) is 0 Å². The number of aryl methyl sites for hydroxylation is 1. The van der Waals surface area contributed by atoms with Crippen LogP contribution in [0.3, 0.4) is 0 Å². The number of primary amides is 1. The van der Waals surface area contributed by atoms with Crippen molar-refractivity contribution in [2.75, 3.05) is 19.7 Å². The molecule has 9 nitrogen and oxygen atoms in total. The Morgan fingerprint density at radius 3 is 2.47 bits per heavy atom. The van der Waals surface area contributed by atoms with E-state index in [-0.39, 0.29) is 36.9 Å². The van der Waals surface area contributed by atoms with Gasteiger partial charge in [0.2, 0.25) is 0 Å². The minimum absolute atomic E-state index is 0.0143. The summed E-state index contributed by atoms with van der Waals surface area (Å²) >= 11 is 0. The zero-order chi connectivity index (χ0) is 25.1. The predicted molar refractivity (Wildman–Crippen MR) is 121 cm³/mol. The van der Waals surface area contributed by atoms with E-state index in [2.05, 4.69) is 0 Å². The monoisotopic (exact) mass is 494 g/mol. The number of rotatable bonds is 8. The first kappa shape index (κ1) is 25.4. The highest BCUT2D eigenvalue weighted by Crippen LogP contribution is 2.35. The summed E-state index contributed by atoms with van der Waals surface area (Å²) < 4.78 is 51.4. The van der Waals surface area contributed by atoms with Gasteiger partial charge >= 0.3 is 12.0 Å². The summed E-state index contributed by atoms with van der Waals surface area (Å²) in [7, 11) is -4.16. The maximum absolute atomic E-state index is 13.5. The number of nitrogens with zero attached hydrogens (tertiary/aromatic N) is 1. The molecule has 2 aromatic carbocycles. The zero-order valence-electron chi connectivity index (χ0n) is 18.9. The normalized spacial score (nSPS) is 20.7. The Bertz CT molecular complexity index is 1170. The highest BCUT2D eigenvalue weighted by atomic mass is 32.2. The number of carboxylic acid groups (broad SMARTS) is 1. The fraction of sp³-hybridized carbons (Fsp3) is 0.391. The molecule has 34 heavy (non-hydrogen) atoms. The number of hydrogen-bond acceptors (Lipinski definition) is 6. The van der Waals surface area contributed by atoms with Crippen LogP contribution in [0.25, 0.3) is 0 Å². The molecule has 0 radical (unpaired) electrons. The van der Waals surface area contributed by atoms with Gasteiger partial charge in [-0.1, -0.05) is 6.07 Å². The van der Waals surface area contributed by atoms with Gasteiger partial charge in [0, 0.05) is 13.2 Å². The number of amides is 2. The summed E-state index contributed by atoms with van der Waals surface area (Å²) in [6.07, 6.45) is -0.153. The Balaban J connectivity index is 1.84. The number of urea groups is 1. The van der Waals surface area contributed by atoms with Crippen molar-refractivity contribution < 1.29 is 37.0 Å². The van der Waals surface area contributed by atoms with E-state index in [4.69, 9.17) is 15.2 Å². The lowest BCUT2D eigenvalue weighted by Crippen LogP contribution is -2.66. The number of benzene rings is 2. The van der Waals surface area contributed by atoms with Crippen molar-refractivity contribution in [1.82, 2.24) is 4.90 Å². The molecular weight excluding hydrogens is 467 g/mol. The number of ether oxygens (including phenoxy) is 2. The average Bonchev–Trinajstić information content (AvgIpc) is 2.78. The van der Waals surface area contributed by atoms with Crippen LogP contribution in [0.5, 0.6) is 5.75 Å². The molecule has 11 heteroatoms. The smallest absolute Gasteiger partial charge is 0.339 e. The van der Waals surface area contributed by atoms with Gasteiger partial charge in [-0.15, -0.1) is 0 Å². The van der Waals surface area contributed by atoms with Crippen molar-refractivity contribution in [3.05, 3.63) is 59.4 Å². The second-order valence-electron chi connectivity index (χ2n) is 8.04. The number of nitrogens with two attached hydrogens (primary N) is 1. The van der Waals surface area contributed by atoms with E-state index >= 15 is 0 Å². The van der Waals surface area contributed by atoms with Gasteiger partial charge in [-0.05, 0) is 67.8 Å². The van der Waals surface area contributed by atoms with Gasteiger partial charge in [0.05, 0.1) is 11.4 Å². The molecule has 3 N–H and O–H groups in total. The maximum Gasteiger partial charge on any atom is 0.339 e. The molecule has 2 aromatic rings. The van der Waals surface area contributed by atoms with E-state index in [0.717, 1.165) is 16.0 Å². The maximum atomic E-state index is 13.5. The first-order valence-electron chi connectivity index (χ1n) is 10.6. The molecule has 1 aliphatic heterocycles. The average molecular weight is 495 g/mol. The number of aliphatic carboxylic acids is 1. The number of piperidine rings is 1. The van der Waals surface area contributed by atoms with Crippen molar-refractivity contribution >= 4 is 21.8 Å². The molecule has 1 heterocycles. The Morgan fingerprint density at radius 1 is 1.24 bits per heavy atom. The van der Waals surface area contributed by atoms with E-state index in [1.54, 1.807) is 19.9 Å². The Labute approximate surface area is 197 Å². The number of halogens is 1. The number of carbonyl (C=O) groups is 2.